The number of hydrogen-bond donors (Lipinski definition) is 1. The third-order valence-corrected chi connectivity index (χ3v) is 4.33. The first-order valence-electron chi connectivity index (χ1n) is 8.00. The van der Waals surface area contributed by atoms with Crippen LogP contribution < -0.4 is 5.32 Å². The van der Waals surface area contributed by atoms with Crippen LogP contribution in [0.1, 0.15) is 37.3 Å². The number of carbonyl (C=O) groups is 2. The van der Waals surface area contributed by atoms with Gasteiger partial charge in [0.2, 0.25) is 5.91 Å². The van der Waals surface area contributed by atoms with E-state index in [1.807, 2.05) is 35.2 Å². The number of ether oxygens (including phenoxy) is 1. The number of benzene rings is 1. The summed E-state index contributed by atoms with van der Waals surface area (Å²) in [6.45, 7) is 1.52. The van der Waals surface area contributed by atoms with E-state index in [2.05, 4.69) is 5.32 Å². The molecule has 1 N–H and O–H groups in total. The van der Waals surface area contributed by atoms with E-state index < -0.39 is 12.1 Å². The van der Waals surface area contributed by atoms with Gasteiger partial charge in [0.05, 0.1) is 6.04 Å². The lowest BCUT2D eigenvalue weighted by Crippen LogP contribution is -2.53. The Morgan fingerprint density at radius 1 is 1.09 bits per heavy atom. The third-order valence-electron chi connectivity index (χ3n) is 4.33. The van der Waals surface area contributed by atoms with Gasteiger partial charge in [0.15, 0.2) is 6.10 Å². The lowest BCUT2D eigenvalue weighted by atomic mass is 9.98. The summed E-state index contributed by atoms with van der Waals surface area (Å²) in [6.07, 6.45) is 3.81. The zero-order valence-electron chi connectivity index (χ0n) is 12.7. The Morgan fingerprint density at radius 3 is 2.45 bits per heavy atom. The normalized spacial score (nSPS) is 26.2. The fraction of sp³-hybridized carbons (Fsp3) is 0.529. The van der Waals surface area contributed by atoms with Crippen LogP contribution in [0.2, 0.25) is 0 Å². The average Bonchev–Trinajstić information content (AvgIpc) is 2.84. The molecule has 0 unspecified atom stereocenters. The van der Waals surface area contributed by atoms with Crippen molar-refractivity contribution < 1.29 is 14.3 Å². The predicted octanol–water partition coefficient (Wildman–Crippen LogP) is 1.65. The van der Waals surface area contributed by atoms with Crippen LogP contribution in [-0.4, -0.2) is 42.5 Å². The van der Waals surface area contributed by atoms with E-state index in [1.54, 1.807) is 0 Å². The number of amides is 2. The predicted molar refractivity (Wildman–Crippen MR) is 82.1 cm³/mol. The first-order chi connectivity index (χ1) is 10.8. The molecule has 2 aliphatic heterocycles. The quantitative estimate of drug-likeness (QED) is 0.903. The Balaban J connectivity index is 1.79. The summed E-state index contributed by atoms with van der Waals surface area (Å²) in [5.74, 6) is -0.176. The van der Waals surface area contributed by atoms with Gasteiger partial charge >= 0.3 is 0 Å². The monoisotopic (exact) mass is 302 g/mol. The van der Waals surface area contributed by atoms with Gasteiger partial charge in [0, 0.05) is 13.1 Å². The maximum Gasteiger partial charge on any atom is 0.254 e. The average molecular weight is 302 g/mol. The molecule has 2 saturated heterocycles. The second kappa shape index (κ2) is 6.92. The summed E-state index contributed by atoms with van der Waals surface area (Å²) in [5.41, 5.74) is 0.906. The molecule has 2 fully saturated rings. The molecule has 0 radical (unpaired) electrons. The Labute approximate surface area is 130 Å². The summed E-state index contributed by atoms with van der Waals surface area (Å²) >= 11 is 0. The topological polar surface area (TPSA) is 58.6 Å². The smallest absolute Gasteiger partial charge is 0.254 e. The minimum atomic E-state index is -0.627. The second-order valence-corrected chi connectivity index (χ2v) is 5.93. The molecule has 5 heteroatoms. The van der Waals surface area contributed by atoms with Crippen LogP contribution in [0.3, 0.4) is 0 Å². The largest absolute Gasteiger partial charge is 0.356 e. The molecule has 1 aromatic carbocycles. The third kappa shape index (κ3) is 3.30. The van der Waals surface area contributed by atoms with E-state index >= 15 is 0 Å². The van der Waals surface area contributed by atoms with Crippen LogP contribution in [0, 0.1) is 0 Å². The lowest BCUT2D eigenvalue weighted by molar-refractivity contribution is -0.155. The van der Waals surface area contributed by atoms with Crippen LogP contribution in [0.15, 0.2) is 30.3 Å². The zero-order chi connectivity index (χ0) is 15.4. The highest BCUT2D eigenvalue weighted by Gasteiger charge is 2.38. The van der Waals surface area contributed by atoms with Gasteiger partial charge < -0.3 is 15.0 Å². The summed E-state index contributed by atoms with van der Waals surface area (Å²) in [7, 11) is 0. The number of nitrogens with one attached hydrogen (secondary N) is 1. The number of rotatable bonds is 2. The summed E-state index contributed by atoms with van der Waals surface area (Å²) in [5, 5.41) is 2.91. The highest BCUT2D eigenvalue weighted by atomic mass is 16.5. The molecule has 2 heterocycles. The fourth-order valence-electron chi connectivity index (χ4n) is 3.16. The van der Waals surface area contributed by atoms with Crippen molar-refractivity contribution in [3.05, 3.63) is 35.9 Å². The highest BCUT2D eigenvalue weighted by molar-refractivity contribution is 5.86. The number of morpholine rings is 1. The summed E-state index contributed by atoms with van der Waals surface area (Å²) in [6, 6.07) is 9.16. The van der Waals surface area contributed by atoms with Gasteiger partial charge in [-0.05, 0) is 18.4 Å². The molecule has 0 spiro atoms. The number of likely N-dealkylation sites (tertiary alicyclic amines) is 1. The molecule has 5 nitrogen and oxygen atoms in total. The standard InChI is InChI=1S/C17H22N2O3/c20-14-12-22-16(15(18-14)13-8-4-3-5-9-13)17(21)19-10-6-1-2-7-11-19/h3-5,8-9,15-16H,1-2,6-7,10-12H2,(H,18,20)/t15-,16+/m1/s1. The van der Waals surface area contributed by atoms with E-state index in [0.717, 1.165) is 31.5 Å². The van der Waals surface area contributed by atoms with Crippen LogP contribution >= 0.6 is 0 Å². The minimum absolute atomic E-state index is 0.00393. The number of nitrogens with zero attached hydrogens (tertiary/aromatic N) is 1. The van der Waals surface area contributed by atoms with Crippen molar-refractivity contribution in [2.45, 2.75) is 37.8 Å². The van der Waals surface area contributed by atoms with Crippen molar-refractivity contribution in [3.63, 3.8) is 0 Å². The maximum absolute atomic E-state index is 12.8. The van der Waals surface area contributed by atoms with Crippen LogP contribution in [0.25, 0.3) is 0 Å². The van der Waals surface area contributed by atoms with E-state index in [-0.39, 0.29) is 18.4 Å². The molecule has 2 atom stereocenters. The molecule has 118 valence electrons. The van der Waals surface area contributed by atoms with Gasteiger partial charge in [-0.25, -0.2) is 0 Å². The molecule has 0 bridgehead atoms. The van der Waals surface area contributed by atoms with Gasteiger partial charge in [-0.1, -0.05) is 43.2 Å². The first kappa shape index (κ1) is 15.0. The highest BCUT2D eigenvalue weighted by Crippen LogP contribution is 2.25. The van der Waals surface area contributed by atoms with Crippen molar-refractivity contribution >= 4 is 11.8 Å². The van der Waals surface area contributed by atoms with Gasteiger partial charge in [-0.3, -0.25) is 9.59 Å². The van der Waals surface area contributed by atoms with E-state index in [0.29, 0.717) is 0 Å². The molecule has 0 saturated carbocycles. The van der Waals surface area contributed by atoms with E-state index in [1.165, 1.54) is 12.8 Å². The maximum atomic E-state index is 12.8. The van der Waals surface area contributed by atoms with Gasteiger partial charge in [-0.2, -0.15) is 0 Å². The number of hydrogen-bond acceptors (Lipinski definition) is 3. The Bertz CT molecular complexity index is 524. The van der Waals surface area contributed by atoms with Crippen molar-refractivity contribution in [3.8, 4) is 0 Å². The number of carbonyl (C=O) groups excluding carboxylic acids is 2. The Kier molecular flexibility index (Phi) is 4.73. The molecular weight excluding hydrogens is 280 g/mol. The molecule has 2 amide bonds. The molecule has 1 aromatic rings. The fourth-order valence-corrected chi connectivity index (χ4v) is 3.16. The second-order valence-electron chi connectivity index (χ2n) is 5.93. The molecule has 2 aliphatic rings. The van der Waals surface area contributed by atoms with Crippen molar-refractivity contribution in [1.29, 1.82) is 0 Å². The summed E-state index contributed by atoms with van der Waals surface area (Å²) in [4.78, 5) is 26.4. The van der Waals surface area contributed by atoms with Gasteiger partial charge in [-0.15, -0.1) is 0 Å². The summed E-state index contributed by atoms with van der Waals surface area (Å²) < 4.78 is 5.61. The SMILES string of the molecule is O=C1CO[C@H](C(=O)N2CCCCCC2)[C@@H](c2ccccc2)N1. The molecule has 0 aromatic heterocycles. The van der Waals surface area contributed by atoms with Gasteiger partial charge in [0.25, 0.3) is 5.91 Å². The Hall–Kier alpha value is -1.88. The van der Waals surface area contributed by atoms with Crippen molar-refractivity contribution in [2.75, 3.05) is 19.7 Å². The van der Waals surface area contributed by atoms with Crippen LogP contribution in [0.5, 0.6) is 0 Å². The van der Waals surface area contributed by atoms with Gasteiger partial charge in [0.1, 0.15) is 6.61 Å². The first-order valence-corrected chi connectivity index (χ1v) is 8.00. The van der Waals surface area contributed by atoms with Crippen molar-refractivity contribution in [2.24, 2.45) is 0 Å². The Morgan fingerprint density at radius 2 is 1.77 bits per heavy atom. The molecular formula is C17H22N2O3. The lowest BCUT2D eigenvalue weighted by Gasteiger charge is -2.35. The molecule has 22 heavy (non-hydrogen) atoms. The van der Waals surface area contributed by atoms with Crippen LogP contribution in [-0.2, 0) is 14.3 Å². The minimum Gasteiger partial charge on any atom is -0.356 e. The van der Waals surface area contributed by atoms with E-state index in [9.17, 15) is 9.59 Å². The van der Waals surface area contributed by atoms with E-state index in [4.69, 9.17) is 4.74 Å². The molecule has 3 rings (SSSR count). The van der Waals surface area contributed by atoms with Crippen molar-refractivity contribution in [1.82, 2.24) is 10.2 Å². The van der Waals surface area contributed by atoms with Crippen LogP contribution in [0.4, 0.5) is 0 Å². The zero-order valence-corrected chi connectivity index (χ0v) is 12.7. The molecule has 0 aliphatic carbocycles.